The van der Waals surface area contributed by atoms with Gasteiger partial charge in [-0.15, -0.1) is 0 Å². The van der Waals surface area contributed by atoms with E-state index in [0.29, 0.717) is 23.7 Å². The Kier molecular flexibility index (Phi) is 3.49. The molecule has 0 saturated heterocycles. The van der Waals surface area contributed by atoms with Crippen molar-refractivity contribution >= 4 is 5.91 Å². The van der Waals surface area contributed by atoms with Gasteiger partial charge in [-0.25, -0.2) is 0 Å². The highest BCUT2D eigenvalue weighted by Crippen LogP contribution is 2.00. The Balaban J connectivity index is 1.92. The summed E-state index contributed by atoms with van der Waals surface area (Å²) in [6.07, 6.45) is 0.694. The van der Waals surface area contributed by atoms with Crippen molar-refractivity contribution in [3.05, 3.63) is 47.6 Å². The van der Waals surface area contributed by atoms with E-state index in [2.05, 4.69) is 15.5 Å². The summed E-state index contributed by atoms with van der Waals surface area (Å²) in [7, 11) is 0. The molecule has 1 N–H and O–H groups in total. The van der Waals surface area contributed by atoms with Crippen LogP contribution in [-0.2, 0) is 13.0 Å². The van der Waals surface area contributed by atoms with Gasteiger partial charge in [0.05, 0.1) is 6.54 Å². The highest BCUT2D eigenvalue weighted by atomic mass is 16.5. The second-order valence-corrected chi connectivity index (χ2v) is 3.51. The number of amides is 1. The van der Waals surface area contributed by atoms with Crippen LogP contribution in [0.4, 0.5) is 0 Å². The van der Waals surface area contributed by atoms with Crippen molar-refractivity contribution < 1.29 is 9.32 Å². The quantitative estimate of drug-likeness (QED) is 0.867. The van der Waals surface area contributed by atoms with Crippen molar-refractivity contribution in [2.24, 2.45) is 0 Å². The molecule has 0 radical (unpaired) electrons. The lowest BCUT2D eigenvalue weighted by molar-refractivity contribution is 0.0949. The Morgan fingerprint density at radius 2 is 2.12 bits per heavy atom. The smallest absolute Gasteiger partial charge is 0.251 e. The van der Waals surface area contributed by atoms with Crippen LogP contribution in [0.2, 0.25) is 0 Å². The number of aromatic nitrogens is 2. The van der Waals surface area contributed by atoms with Gasteiger partial charge in [0, 0.05) is 12.0 Å². The van der Waals surface area contributed by atoms with Crippen LogP contribution in [-0.4, -0.2) is 16.0 Å². The number of benzene rings is 1. The van der Waals surface area contributed by atoms with Gasteiger partial charge in [0.15, 0.2) is 5.82 Å². The third-order valence-electron chi connectivity index (χ3n) is 2.26. The Labute approximate surface area is 98.8 Å². The van der Waals surface area contributed by atoms with Gasteiger partial charge in [-0.2, -0.15) is 4.98 Å². The fraction of sp³-hybridized carbons (Fsp3) is 0.250. The molecule has 0 saturated carbocycles. The Hall–Kier alpha value is -2.17. The second kappa shape index (κ2) is 5.25. The lowest BCUT2D eigenvalue weighted by Crippen LogP contribution is -2.23. The number of rotatable bonds is 4. The zero-order valence-corrected chi connectivity index (χ0v) is 9.51. The van der Waals surface area contributed by atoms with Gasteiger partial charge in [-0.3, -0.25) is 4.79 Å². The van der Waals surface area contributed by atoms with E-state index in [-0.39, 0.29) is 12.5 Å². The Bertz CT molecular complexity index is 493. The predicted octanol–water partition coefficient (Wildman–Crippen LogP) is 1.56. The minimum atomic E-state index is -0.145. The van der Waals surface area contributed by atoms with E-state index >= 15 is 0 Å². The molecule has 5 heteroatoms. The van der Waals surface area contributed by atoms with Gasteiger partial charge in [0.25, 0.3) is 5.91 Å². The lowest BCUT2D eigenvalue weighted by atomic mass is 10.2. The van der Waals surface area contributed by atoms with Crippen molar-refractivity contribution in [1.82, 2.24) is 15.5 Å². The number of carbonyl (C=O) groups excluding carboxylic acids is 1. The molecule has 1 heterocycles. The minimum Gasteiger partial charge on any atom is -0.345 e. The molecule has 88 valence electrons. The summed E-state index contributed by atoms with van der Waals surface area (Å²) in [5, 5.41) is 6.48. The number of aryl methyl sites for hydroxylation is 1. The first-order valence-corrected chi connectivity index (χ1v) is 5.44. The number of nitrogens with one attached hydrogen (secondary N) is 1. The van der Waals surface area contributed by atoms with Crippen LogP contribution in [0.3, 0.4) is 0 Å². The summed E-state index contributed by atoms with van der Waals surface area (Å²) >= 11 is 0. The van der Waals surface area contributed by atoms with Crippen LogP contribution in [0, 0.1) is 0 Å². The normalized spacial score (nSPS) is 10.2. The molecular weight excluding hydrogens is 218 g/mol. The van der Waals surface area contributed by atoms with Crippen molar-refractivity contribution in [3.63, 3.8) is 0 Å². The fourth-order valence-corrected chi connectivity index (χ4v) is 1.36. The monoisotopic (exact) mass is 231 g/mol. The van der Waals surface area contributed by atoms with Crippen molar-refractivity contribution in [2.75, 3.05) is 0 Å². The molecule has 0 fully saturated rings. The molecule has 17 heavy (non-hydrogen) atoms. The van der Waals surface area contributed by atoms with Gasteiger partial charge in [0.2, 0.25) is 5.89 Å². The van der Waals surface area contributed by atoms with E-state index in [0.717, 1.165) is 0 Å². The first-order chi connectivity index (χ1) is 8.29. The molecule has 0 spiro atoms. The average Bonchev–Trinajstić information content (AvgIpc) is 2.85. The average molecular weight is 231 g/mol. The van der Waals surface area contributed by atoms with Gasteiger partial charge in [0.1, 0.15) is 0 Å². The highest BCUT2D eigenvalue weighted by molar-refractivity contribution is 5.93. The summed E-state index contributed by atoms with van der Waals surface area (Å²) in [6, 6.07) is 9.01. The number of hydrogen-bond acceptors (Lipinski definition) is 4. The molecule has 5 nitrogen and oxygen atoms in total. The zero-order valence-electron chi connectivity index (χ0n) is 9.51. The number of nitrogens with zero attached hydrogens (tertiary/aromatic N) is 2. The fourth-order valence-electron chi connectivity index (χ4n) is 1.36. The summed E-state index contributed by atoms with van der Waals surface area (Å²) in [5.41, 5.74) is 0.617. The molecule has 0 aliphatic rings. The van der Waals surface area contributed by atoms with E-state index in [1.807, 2.05) is 25.1 Å². The van der Waals surface area contributed by atoms with Crippen LogP contribution in [0.1, 0.15) is 29.0 Å². The highest BCUT2D eigenvalue weighted by Gasteiger charge is 2.07. The lowest BCUT2D eigenvalue weighted by Gasteiger charge is -2.01. The van der Waals surface area contributed by atoms with E-state index < -0.39 is 0 Å². The molecular formula is C12H13N3O2. The van der Waals surface area contributed by atoms with E-state index in [9.17, 15) is 4.79 Å². The molecule has 0 atom stereocenters. The van der Waals surface area contributed by atoms with Crippen LogP contribution in [0.15, 0.2) is 34.9 Å². The maximum absolute atomic E-state index is 11.7. The maximum Gasteiger partial charge on any atom is 0.251 e. The molecule has 0 bridgehead atoms. The van der Waals surface area contributed by atoms with E-state index in [4.69, 9.17) is 4.52 Å². The standard InChI is InChI=1S/C12H13N3O2/c1-2-11-14-10(15-17-11)8-13-12(16)9-6-4-3-5-7-9/h3-7H,2,8H2,1H3,(H,13,16). The van der Waals surface area contributed by atoms with Gasteiger partial charge < -0.3 is 9.84 Å². The number of hydrogen-bond donors (Lipinski definition) is 1. The molecule has 2 aromatic rings. The Morgan fingerprint density at radius 1 is 1.35 bits per heavy atom. The van der Waals surface area contributed by atoms with Crippen LogP contribution in [0.25, 0.3) is 0 Å². The van der Waals surface area contributed by atoms with Gasteiger partial charge >= 0.3 is 0 Å². The third-order valence-corrected chi connectivity index (χ3v) is 2.26. The topological polar surface area (TPSA) is 68.0 Å². The van der Waals surface area contributed by atoms with Crippen molar-refractivity contribution in [2.45, 2.75) is 19.9 Å². The molecule has 0 aliphatic carbocycles. The molecule has 0 aliphatic heterocycles. The first-order valence-electron chi connectivity index (χ1n) is 5.44. The van der Waals surface area contributed by atoms with Crippen molar-refractivity contribution in [3.8, 4) is 0 Å². The van der Waals surface area contributed by atoms with Crippen molar-refractivity contribution in [1.29, 1.82) is 0 Å². The molecule has 1 aromatic heterocycles. The van der Waals surface area contributed by atoms with Crippen LogP contribution >= 0.6 is 0 Å². The molecule has 0 unspecified atom stereocenters. The van der Waals surface area contributed by atoms with E-state index in [1.165, 1.54) is 0 Å². The third kappa shape index (κ3) is 2.90. The summed E-state index contributed by atoms with van der Waals surface area (Å²) in [5.74, 6) is 0.925. The molecule has 1 aromatic carbocycles. The van der Waals surface area contributed by atoms with Crippen LogP contribution < -0.4 is 5.32 Å². The second-order valence-electron chi connectivity index (χ2n) is 3.51. The SMILES string of the molecule is CCc1nc(CNC(=O)c2ccccc2)no1. The number of carbonyl (C=O) groups is 1. The summed E-state index contributed by atoms with van der Waals surface area (Å²) in [6.45, 7) is 2.21. The maximum atomic E-state index is 11.7. The predicted molar refractivity (Wildman–Crippen MR) is 61.3 cm³/mol. The van der Waals surface area contributed by atoms with Crippen LogP contribution in [0.5, 0.6) is 0 Å². The molecule has 1 amide bonds. The van der Waals surface area contributed by atoms with E-state index in [1.54, 1.807) is 12.1 Å². The zero-order chi connectivity index (χ0) is 12.1. The molecule has 2 rings (SSSR count). The van der Waals surface area contributed by atoms with Gasteiger partial charge in [-0.1, -0.05) is 30.3 Å². The first kappa shape index (κ1) is 11.3. The Morgan fingerprint density at radius 3 is 2.76 bits per heavy atom. The minimum absolute atomic E-state index is 0.145. The summed E-state index contributed by atoms with van der Waals surface area (Å²) < 4.78 is 4.94. The van der Waals surface area contributed by atoms with Gasteiger partial charge in [-0.05, 0) is 12.1 Å². The largest absolute Gasteiger partial charge is 0.345 e. The summed E-state index contributed by atoms with van der Waals surface area (Å²) in [4.78, 5) is 15.8.